The molecular formula is C21H19N3O. The standard InChI is InChI=1S/C21H19N3O/c1-24(16-8-10-17(25-2)11-9-16)21(22)23-19-13-7-15-5-3-4-14-6-12-18(19)20(14)15/h3-13H,1-2H3,(H2,22,23). The van der Waals surface area contributed by atoms with Gasteiger partial charge in [0.15, 0.2) is 5.96 Å². The summed E-state index contributed by atoms with van der Waals surface area (Å²) in [5.41, 5.74) is 4.23. The predicted molar refractivity (Wildman–Crippen MR) is 106 cm³/mol. The van der Waals surface area contributed by atoms with E-state index in [2.05, 4.69) is 41.7 Å². The second-order valence-corrected chi connectivity index (χ2v) is 6.04. The predicted octanol–water partition coefficient (Wildman–Crippen LogP) is 4.82. The molecule has 0 amide bonds. The zero-order valence-electron chi connectivity index (χ0n) is 14.2. The number of nitrogens with zero attached hydrogens (tertiary/aromatic N) is 1. The summed E-state index contributed by atoms with van der Waals surface area (Å²) in [4.78, 5) is 1.81. The van der Waals surface area contributed by atoms with Crippen molar-refractivity contribution in [3.63, 3.8) is 0 Å². The zero-order chi connectivity index (χ0) is 17.4. The molecule has 0 aromatic heterocycles. The number of ether oxygens (including phenoxy) is 1. The molecule has 0 bridgehead atoms. The van der Waals surface area contributed by atoms with Crippen LogP contribution in [0.5, 0.6) is 5.75 Å². The van der Waals surface area contributed by atoms with Gasteiger partial charge in [-0.1, -0.05) is 36.4 Å². The molecule has 0 radical (unpaired) electrons. The van der Waals surface area contributed by atoms with Crippen LogP contribution in [0.1, 0.15) is 11.1 Å². The van der Waals surface area contributed by atoms with Crippen LogP contribution < -0.4 is 15.0 Å². The van der Waals surface area contributed by atoms with Crippen LogP contribution in [0.15, 0.2) is 54.6 Å². The number of hydrogen-bond donors (Lipinski definition) is 2. The Balaban J connectivity index is 1.61. The fourth-order valence-corrected chi connectivity index (χ4v) is 3.18. The molecule has 124 valence electrons. The van der Waals surface area contributed by atoms with E-state index in [9.17, 15) is 0 Å². The molecule has 3 aromatic carbocycles. The molecule has 2 N–H and O–H groups in total. The van der Waals surface area contributed by atoms with Gasteiger partial charge in [-0.05, 0) is 46.7 Å². The van der Waals surface area contributed by atoms with E-state index in [0.29, 0.717) is 5.96 Å². The minimum atomic E-state index is 0.318. The summed E-state index contributed by atoms with van der Waals surface area (Å²) in [5.74, 6) is 1.12. The number of hydrogen-bond acceptors (Lipinski definition) is 2. The average molecular weight is 329 g/mol. The third-order valence-corrected chi connectivity index (χ3v) is 4.60. The molecule has 4 heteroatoms. The van der Waals surface area contributed by atoms with Gasteiger partial charge in [0.05, 0.1) is 7.11 Å². The van der Waals surface area contributed by atoms with Gasteiger partial charge < -0.3 is 15.0 Å². The molecule has 0 atom stereocenters. The van der Waals surface area contributed by atoms with Gasteiger partial charge >= 0.3 is 0 Å². The van der Waals surface area contributed by atoms with E-state index in [4.69, 9.17) is 10.1 Å². The number of nitrogens with one attached hydrogen (secondary N) is 2. The number of anilines is 2. The lowest BCUT2D eigenvalue weighted by Crippen LogP contribution is -2.32. The summed E-state index contributed by atoms with van der Waals surface area (Å²) < 4.78 is 5.19. The molecule has 0 aliphatic heterocycles. The van der Waals surface area contributed by atoms with Gasteiger partial charge in [0, 0.05) is 24.0 Å². The number of guanidine groups is 1. The van der Waals surface area contributed by atoms with E-state index in [1.807, 2.05) is 37.4 Å². The van der Waals surface area contributed by atoms with Crippen molar-refractivity contribution in [3.05, 3.63) is 65.7 Å². The zero-order valence-corrected chi connectivity index (χ0v) is 14.2. The minimum absolute atomic E-state index is 0.318. The van der Waals surface area contributed by atoms with Crippen LogP contribution in [0.25, 0.3) is 22.9 Å². The highest BCUT2D eigenvalue weighted by atomic mass is 16.5. The summed E-state index contributed by atoms with van der Waals surface area (Å²) in [6.45, 7) is 0. The summed E-state index contributed by atoms with van der Waals surface area (Å²) >= 11 is 0. The van der Waals surface area contributed by atoms with Crippen molar-refractivity contribution in [2.45, 2.75) is 0 Å². The van der Waals surface area contributed by atoms with Gasteiger partial charge in [0.2, 0.25) is 0 Å². The molecule has 1 aliphatic rings. The van der Waals surface area contributed by atoms with Crippen molar-refractivity contribution in [1.82, 2.24) is 0 Å². The Hall–Kier alpha value is -3.27. The highest BCUT2D eigenvalue weighted by Gasteiger charge is 2.15. The number of methoxy groups -OCH3 is 1. The van der Waals surface area contributed by atoms with Crippen LogP contribution in [0.4, 0.5) is 11.4 Å². The number of rotatable bonds is 3. The highest BCUT2D eigenvalue weighted by molar-refractivity contribution is 6.12. The SMILES string of the molecule is COc1ccc(N(C)C(=N)Nc2ccc3cccc4c3c2C=C4)cc1. The van der Waals surface area contributed by atoms with E-state index in [0.717, 1.165) is 22.7 Å². The maximum Gasteiger partial charge on any atom is 0.199 e. The third kappa shape index (κ3) is 2.62. The highest BCUT2D eigenvalue weighted by Crippen LogP contribution is 2.36. The van der Waals surface area contributed by atoms with Crippen LogP contribution in [0.3, 0.4) is 0 Å². The van der Waals surface area contributed by atoms with Crippen LogP contribution in [0.2, 0.25) is 0 Å². The Kier molecular flexibility index (Phi) is 3.65. The second kappa shape index (κ2) is 5.98. The smallest absolute Gasteiger partial charge is 0.199 e. The first-order valence-electron chi connectivity index (χ1n) is 8.14. The topological polar surface area (TPSA) is 48.4 Å². The Morgan fingerprint density at radius 2 is 1.80 bits per heavy atom. The quantitative estimate of drug-likeness (QED) is 0.419. The van der Waals surface area contributed by atoms with Crippen molar-refractivity contribution in [1.29, 1.82) is 5.41 Å². The van der Waals surface area contributed by atoms with Crippen molar-refractivity contribution >= 4 is 40.3 Å². The van der Waals surface area contributed by atoms with Gasteiger partial charge in [-0.25, -0.2) is 0 Å². The van der Waals surface area contributed by atoms with E-state index >= 15 is 0 Å². The Morgan fingerprint density at radius 1 is 1.00 bits per heavy atom. The third-order valence-electron chi connectivity index (χ3n) is 4.60. The average Bonchev–Trinajstić information content (AvgIpc) is 3.09. The molecule has 0 saturated carbocycles. The summed E-state index contributed by atoms with van der Waals surface area (Å²) in [7, 11) is 3.52. The Morgan fingerprint density at radius 3 is 2.56 bits per heavy atom. The molecule has 0 spiro atoms. The lowest BCUT2D eigenvalue weighted by Gasteiger charge is -2.22. The molecule has 4 rings (SSSR count). The molecule has 25 heavy (non-hydrogen) atoms. The first kappa shape index (κ1) is 15.3. The van der Waals surface area contributed by atoms with Crippen molar-refractivity contribution in [2.75, 3.05) is 24.4 Å². The molecule has 0 unspecified atom stereocenters. The van der Waals surface area contributed by atoms with Gasteiger partial charge in [0.1, 0.15) is 5.75 Å². The van der Waals surface area contributed by atoms with Crippen LogP contribution in [0, 0.1) is 5.41 Å². The van der Waals surface area contributed by atoms with Gasteiger partial charge in [-0.15, -0.1) is 0 Å². The maximum atomic E-state index is 8.42. The van der Waals surface area contributed by atoms with Gasteiger partial charge in [-0.2, -0.15) is 0 Å². The number of benzene rings is 3. The van der Waals surface area contributed by atoms with Crippen molar-refractivity contribution in [2.24, 2.45) is 0 Å². The first-order valence-corrected chi connectivity index (χ1v) is 8.14. The molecule has 3 aromatic rings. The maximum absolute atomic E-state index is 8.42. The largest absolute Gasteiger partial charge is 0.497 e. The molecule has 0 saturated heterocycles. The van der Waals surface area contributed by atoms with Crippen molar-refractivity contribution < 1.29 is 4.74 Å². The van der Waals surface area contributed by atoms with E-state index in [-0.39, 0.29) is 0 Å². The Bertz CT molecular complexity index is 990. The van der Waals surface area contributed by atoms with E-state index in [1.54, 1.807) is 12.0 Å². The molecule has 4 nitrogen and oxygen atoms in total. The second-order valence-electron chi connectivity index (χ2n) is 6.04. The summed E-state index contributed by atoms with van der Waals surface area (Å²) in [5, 5.41) is 14.1. The molecular weight excluding hydrogens is 310 g/mol. The lowest BCUT2D eigenvalue weighted by atomic mass is 10.0. The fourth-order valence-electron chi connectivity index (χ4n) is 3.18. The van der Waals surface area contributed by atoms with E-state index < -0.39 is 0 Å². The minimum Gasteiger partial charge on any atom is -0.497 e. The monoisotopic (exact) mass is 329 g/mol. The van der Waals surface area contributed by atoms with Gasteiger partial charge in [-0.3, -0.25) is 5.41 Å². The van der Waals surface area contributed by atoms with Crippen LogP contribution >= 0.6 is 0 Å². The summed E-state index contributed by atoms with van der Waals surface area (Å²) in [6.07, 6.45) is 4.24. The molecule has 0 fully saturated rings. The fraction of sp³-hybridized carbons (Fsp3) is 0.0952. The van der Waals surface area contributed by atoms with E-state index in [1.165, 1.54) is 16.3 Å². The normalized spacial score (nSPS) is 11.6. The lowest BCUT2D eigenvalue weighted by molar-refractivity contribution is 0.415. The van der Waals surface area contributed by atoms with Crippen molar-refractivity contribution in [3.8, 4) is 5.75 Å². The van der Waals surface area contributed by atoms with Crippen LogP contribution in [-0.4, -0.2) is 20.1 Å². The molecule has 0 heterocycles. The molecule has 1 aliphatic carbocycles. The van der Waals surface area contributed by atoms with Gasteiger partial charge in [0.25, 0.3) is 0 Å². The summed E-state index contributed by atoms with van der Waals surface area (Å²) in [6, 6.07) is 18.1. The Labute approximate surface area is 146 Å². The van der Waals surface area contributed by atoms with Crippen LogP contribution in [-0.2, 0) is 0 Å². The first-order chi connectivity index (χ1) is 12.2.